The molecule has 0 aliphatic carbocycles. The van der Waals surface area contributed by atoms with Crippen LogP contribution in [-0.2, 0) is 6.42 Å². The van der Waals surface area contributed by atoms with Crippen molar-refractivity contribution in [3.05, 3.63) is 41.8 Å². The first kappa shape index (κ1) is 8.94. The predicted octanol–water partition coefficient (Wildman–Crippen LogP) is 2.78. The zero-order valence-electron chi connectivity index (χ0n) is 7.92. The van der Waals surface area contributed by atoms with Gasteiger partial charge < -0.3 is 0 Å². The Morgan fingerprint density at radius 3 is 2.64 bits per heavy atom. The minimum atomic E-state index is -0.216. The van der Waals surface area contributed by atoms with Crippen LogP contribution in [0.5, 0.6) is 0 Å². The minimum absolute atomic E-state index is 0.216. The van der Waals surface area contributed by atoms with Crippen LogP contribution in [-0.4, -0.2) is 10.2 Å². The second-order valence-electron chi connectivity index (χ2n) is 3.13. The number of aromatic nitrogens is 2. The highest BCUT2D eigenvalue weighted by molar-refractivity contribution is 5.62. The van der Waals surface area contributed by atoms with Crippen molar-refractivity contribution in [2.24, 2.45) is 0 Å². The fourth-order valence-corrected chi connectivity index (χ4v) is 1.45. The molecule has 0 atom stereocenters. The third-order valence-electron chi connectivity index (χ3n) is 2.23. The molecule has 0 unspecified atom stereocenters. The summed E-state index contributed by atoms with van der Waals surface area (Å²) in [5.74, 6) is -0.216. The number of H-pyrrole nitrogens is 1. The molecule has 0 bridgehead atoms. The van der Waals surface area contributed by atoms with Crippen molar-refractivity contribution in [1.29, 1.82) is 0 Å². The Bertz CT molecular complexity index is 417. The first-order valence-corrected chi connectivity index (χ1v) is 4.59. The van der Waals surface area contributed by atoms with E-state index in [2.05, 4.69) is 17.1 Å². The molecule has 14 heavy (non-hydrogen) atoms. The third-order valence-corrected chi connectivity index (χ3v) is 2.23. The summed E-state index contributed by atoms with van der Waals surface area (Å²) in [6, 6.07) is 6.41. The summed E-state index contributed by atoms with van der Waals surface area (Å²) in [7, 11) is 0. The van der Waals surface area contributed by atoms with Gasteiger partial charge >= 0.3 is 0 Å². The highest BCUT2D eigenvalue weighted by atomic mass is 19.1. The summed E-state index contributed by atoms with van der Waals surface area (Å²) in [6.45, 7) is 2.07. The van der Waals surface area contributed by atoms with E-state index < -0.39 is 0 Å². The highest BCUT2D eigenvalue weighted by Crippen LogP contribution is 2.21. The predicted molar refractivity (Wildman–Crippen MR) is 53.4 cm³/mol. The molecule has 1 heterocycles. The van der Waals surface area contributed by atoms with Crippen LogP contribution in [0.4, 0.5) is 4.39 Å². The van der Waals surface area contributed by atoms with Crippen LogP contribution in [0.1, 0.15) is 12.5 Å². The number of nitrogens with one attached hydrogen (secondary N) is 1. The van der Waals surface area contributed by atoms with E-state index in [-0.39, 0.29) is 5.82 Å². The van der Waals surface area contributed by atoms with Crippen molar-refractivity contribution in [2.75, 3.05) is 0 Å². The molecule has 0 spiro atoms. The third kappa shape index (κ3) is 1.53. The number of benzene rings is 1. The fourth-order valence-electron chi connectivity index (χ4n) is 1.45. The van der Waals surface area contributed by atoms with Gasteiger partial charge in [-0.15, -0.1) is 0 Å². The van der Waals surface area contributed by atoms with E-state index in [9.17, 15) is 4.39 Å². The summed E-state index contributed by atoms with van der Waals surface area (Å²) >= 11 is 0. The first-order valence-electron chi connectivity index (χ1n) is 4.59. The Hall–Kier alpha value is -1.64. The van der Waals surface area contributed by atoms with Gasteiger partial charge in [0.05, 0.1) is 11.9 Å². The van der Waals surface area contributed by atoms with Crippen LogP contribution in [0.3, 0.4) is 0 Å². The van der Waals surface area contributed by atoms with E-state index in [1.54, 1.807) is 18.3 Å². The molecule has 0 saturated heterocycles. The minimum Gasteiger partial charge on any atom is -0.278 e. The number of nitrogens with zero attached hydrogens (tertiary/aromatic N) is 1. The lowest BCUT2D eigenvalue weighted by molar-refractivity contribution is 0.628. The maximum absolute atomic E-state index is 12.7. The van der Waals surface area contributed by atoms with Gasteiger partial charge in [0, 0.05) is 5.56 Å². The van der Waals surface area contributed by atoms with Gasteiger partial charge in [-0.1, -0.05) is 6.92 Å². The molecule has 2 nitrogen and oxygen atoms in total. The smallest absolute Gasteiger partial charge is 0.123 e. The molecule has 0 aliphatic rings. The van der Waals surface area contributed by atoms with E-state index in [0.717, 1.165) is 23.2 Å². The van der Waals surface area contributed by atoms with Gasteiger partial charge in [0.2, 0.25) is 0 Å². The normalized spacial score (nSPS) is 10.4. The molecule has 1 aromatic carbocycles. The molecule has 3 heteroatoms. The Morgan fingerprint density at radius 1 is 1.29 bits per heavy atom. The summed E-state index contributed by atoms with van der Waals surface area (Å²) < 4.78 is 12.7. The average Bonchev–Trinajstić information content (AvgIpc) is 2.67. The Kier molecular flexibility index (Phi) is 2.31. The van der Waals surface area contributed by atoms with Crippen molar-refractivity contribution >= 4 is 0 Å². The van der Waals surface area contributed by atoms with Crippen LogP contribution in [0.2, 0.25) is 0 Å². The highest BCUT2D eigenvalue weighted by Gasteiger charge is 2.05. The monoisotopic (exact) mass is 190 g/mol. The molecule has 2 rings (SSSR count). The van der Waals surface area contributed by atoms with Gasteiger partial charge in [0.15, 0.2) is 0 Å². The SMILES string of the molecule is CCc1cn[nH]c1-c1ccc(F)cc1. The maximum Gasteiger partial charge on any atom is 0.123 e. The molecule has 1 N–H and O–H groups in total. The summed E-state index contributed by atoms with van der Waals surface area (Å²) in [5.41, 5.74) is 3.10. The van der Waals surface area contributed by atoms with Gasteiger partial charge in [0.1, 0.15) is 5.82 Å². The van der Waals surface area contributed by atoms with E-state index in [4.69, 9.17) is 0 Å². The second-order valence-corrected chi connectivity index (χ2v) is 3.13. The van der Waals surface area contributed by atoms with E-state index in [0.29, 0.717) is 0 Å². The van der Waals surface area contributed by atoms with Gasteiger partial charge in [-0.2, -0.15) is 5.10 Å². The topological polar surface area (TPSA) is 28.7 Å². The van der Waals surface area contributed by atoms with Crippen LogP contribution < -0.4 is 0 Å². The van der Waals surface area contributed by atoms with Crippen molar-refractivity contribution in [3.63, 3.8) is 0 Å². The lowest BCUT2D eigenvalue weighted by Crippen LogP contribution is -1.84. The molecule has 0 aliphatic heterocycles. The molecular weight excluding hydrogens is 179 g/mol. The molecular formula is C11H11FN2. The fraction of sp³-hybridized carbons (Fsp3) is 0.182. The summed E-state index contributed by atoms with van der Waals surface area (Å²) in [5, 5.41) is 6.89. The number of aromatic amines is 1. The average molecular weight is 190 g/mol. The van der Waals surface area contributed by atoms with Crippen LogP contribution in [0.15, 0.2) is 30.5 Å². The van der Waals surface area contributed by atoms with E-state index in [1.807, 2.05) is 0 Å². The zero-order chi connectivity index (χ0) is 9.97. The van der Waals surface area contributed by atoms with E-state index >= 15 is 0 Å². The molecule has 2 aromatic rings. The Labute approximate surface area is 81.8 Å². The number of aryl methyl sites for hydroxylation is 1. The number of hydrogen-bond donors (Lipinski definition) is 1. The summed E-state index contributed by atoms with van der Waals surface area (Å²) in [6.07, 6.45) is 2.72. The van der Waals surface area contributed by atoms with Gasteiger partial charge in [-0.25, -0.2) is 4.39 Å². The van der Waals surface area contributed by atoms with Crippen molar-refractivity contribution < 1.29 is 4.39 Å². The largest absolute Gasteiger partial charge is 0.278 e. The molecule has 0 radical (unpaired) electrons. The summed E-state index contributed by atoms with van der Waals surface area (Å²) in [4.78, 5) is 0. The van der Waals surface area contributed by atoms with E-state index in [1.165, 1.54) is 12.1 Å². The Balaban J connectivity index is 2.44. The number of halogens is 1. The zero-order valence-corrected chi connectivity index (χ0v) is 7.92. The molecule has 1 aromatic heterocycles. The number of hydrogen-bond acceptors (Lipinski definition) is 1. The van der Waals surface area contributed by atoms with Crippen LogP contribution in [0.25, 0.3) is 11.3 Å². The van der Waals surface area contributed by atoms with Crippen LogP contribution in [0, 0.1) is 5.82 Å². The van der Waals surface area contributed by atoms with Gasteiger partial charge in [-0.05, 0) is 36.2 Å². The van der Waals surface area contributed by atoms with Gasteiger partial charge in [-0.3, -0.25) is 5.10 Å². The number of rotatable bonds is 2. The van der Waals surface area contributed by atoms with Gasteiger partial charge in [0.25, 0.3) is 0 Å². The molecule has 0 amide bonds. The lowest BCUT2D eigenvalue weighted by Gasteiger charge is -2.00. The molecule has 0 fully saturated rings. The maximum atomic E-state index is 12.7. The van der Waals surface area contributed by atoms with Crippen molar-refractivity contribution in [2.45, 2.75) is 13.3 Å². The quantitative estimate of drug-likeness (QED) is 0.775. The van der Waals surface area contributed by atoms with Crippen molar-refractivity contribution in [3.8, 4) is 11.3 Å². The molecule has 0 saturated carbocycles. The lowest BCUT2D eigenvalue weighted by atomic mass is 10.1. The Morgan fingerprint density at radius 2 is 2.00 bits per heavy atom. The molecule has 72 valence electrons. The standard InChI is InChI=1S/C11H11FN2/c1-2-8-7-13-14-11(8)9-3-5-10(12)6-4-9/h3-7H,2H2,1H3,(H,13,14). The first-order chi connectivity index (χ1) is 6.81. The van der Waals surface area contributed by atoms with Crippen molar-refractivity contribution in [1.82, 2.24) is 10.2 Å². The second kappa shape index (κ2) is 3.62. The van der Waals surface area contributed by atoms with Crippen LogP contribution >= 0.6 is 0 Å².